The molecule has 1 atom stereocenters. The molecule has 0 saturated carbocycles. The summed E-state index contributed by atoms with van der Waals surface area (Å²) < 4.78 is 15.6. The average Bonchev–Trinajstić information content (AvgIpc) is 2.40. The molecule has 2 rings (SSSR count). The number of hydrogen-bond donors (Lipinski definition) is 1. The Labute approximate surface area is 102 Å². The Bertz CT molecular complexity index is 443. The van der Waals surface area contributed by atoms with Crippen molar-refractivity contribution in [3.8, 4) is 5.75 Å². The van der Waals surface area contributed by atoms with Crippen molar-refractivity contribution in [2.45, 2.75) is 0 Å². The molecular weight excluding hydrogens is 235 g/mol. The van der Waals surface area contributed by atoms with Gasteiger partial charge in [0, 0.05) is 0 Å². The fraction of sp³-hybridized carbons (Fsp3) is 0.0769. The highest BCUT2D eigenvalue weighted by atomic mass is 31.1. The van der Waals surface area contributed by atoms with E-state index in [9.17, 15) is 4.57 Å². The first-order chi connectivity index (χ1) is 8.24. The van der Waals surface area contributed by atoms with E-state index in [2.05, 4.69) is 4.52 Å². The van der Waals surface area contributed by atoms with Crippen LogP contribution in [0.25, 0.3) is 0 Å². The molecule has 2 aromatic rings. The number of phenolic OH excluding ortho intramolecular Hbond substituents is 1. The van der Waals surface area contributed by atoms with Crippen molar-refractivity contribution in [3.05, 3.63) is 60.7 Å². The minimum absolute atomic E-state index is 0.322. The van der Waals surface area contributed by atoms with E-state index < -0.39 is 8.03 Å². The smallest absolute Gasteiger partial charge is 0.508 e. The summed E-state index contributed by atoms with van der Waals surface area (Å²) in [6.07, 6.45) is 0. The van der Waals surface area contributed by atoms with E-state index >= 15 is 0 Å². The van der Waals surface area contributed by atoms with E-state index in [1.165, 1.54) is 7.11 Å². The van der Waals surface area contributed by atoms with Crippen LogP contribution in [0.3, 0.4) is 0 Å². The fourth-order valence-corrected chi connectivity index (χ4v) is 1.71. The molecule has 0 bridgehead atoms. The van der Waals surface area contributed by atoms with Crippen LogP contribution in [0.5, 0.6) is 5.75 Å². The van der Waals surface area contributed by atoms with Crippen molar-refractivity contribution in [1.82, 2.24) is 0 Å². The van der Waals surface area contributed by atoms with Crippen molar-refractivity contribution in [2.24, 2.45) is 0 Å². The molecule has 1 N–H and O–H groups in total. The van der Waals surface area contributed by atoms with Gasteiger partial charge in [-0.15, -0.1) is 4.52 Å². The van der Waals surface area contributed by atoms with Crippen molar-refractivity contribution in [2.75, 3.05) is 7.11 Å². The van der Waals surface area contributed by atoms with Crippen molar-refractivity contribution < 1.29 is 14.2 Å². The molecule has 0 heterocycles. The second-order valence-electron chi connectivity index (χ2n) is 3.11. The van der Waals surface area contributed by atoms with Crippen LogP contribution in [0.4, 0.5) is 0 Å². The zero-order valence-corrected chi connectivity index (χ0v) is 10.4. The lowest BCUT2D eigenvalue weighted by atomic mass is 10.3. The third kappa shape index (κ3) is 5.25. The first-order valence-electron chi connectivity index (χ1n) is 5.04. The minimum atomic E-state index is -1.62. The van der Waals surface area contributed by atoms with Crippen LogP contribution in [0.1, 0.15) is 0 Å². The number of benzene rings is 2. The molecule has 0 aliphatic carbocycles. The Morgan fingerprint density at radius 3 is 1.76 bits per heavy atom. The van der Waals surface area contributed by atoms with E-state index in [4.69, 9.17) is 5.11 Å². The van der Waals surface area contributed by atoms with Gasteiger partial charge in [0.1, 0.15) is 5.75 Å². The topological polar surface area (TPSA) is 46.5 Å². The lowest BCUT2D eigenvalue weighted by molar-refractivity contribution is 0.423. The van der Waals surface area contributed by atoms with Gasteiger partial charge in [-0.2, -0.15) is 0 Å². The molecule has 1 unspecified atom stereocenters. The summed E-state index contributed by atoms with van der Waals surface area (Å²) in [6, 6.07) is 17.8. The van der Waals surface area contributed by atoms with Crippen LogP contribution in [-0.2, 0) is 9.09 Å². The van der Waals surface area contributed by atoms with Crippen molar-refractivity contribution in [3.63, 3.8) is 0 Å². The quantitative estimate of drug-likeness (QED) is 0.832. The van der Waals surface area contributed by atoms with Gasteiger partial charge in [0.05, 0.1) is 7.11 Å². The van der Waals surface area contributed by atoms with Gasteiger partial charge >= 0.3 is 8.03 Å². The lowest BCUT2D eigenvalue weighted by Gasteiger charge is -1.82. The molecule has 0 saturated heterocycles. The lowest BCUT2D eigenvalue weighted by Crippen LogP contribution is -1.93. The Morgan fingerprint density at radius 1 is 0.941 bits per heavy atom. The van der Waals surface area contributed by atoms with Gasteiger partial charge in [-0.1, -0.05) is 36.4 Å². The Kier molecular flexibility index (Phi) is 5.94. The third-order valence-electron chi connectivity index (χ3n) is 1.89. The molecule has 0 aromatic heterocycles. The van der Waals surface area contributed by atoms with E-state index in [0.29, 0.717) is 5.75 Å². The molecule has 0 spiro atoms. The zero-order chi connectivity index (χ0) is 12.5. The van der Waals surface area contributed by atoms with Crippen LogP contribution in [0, 0.1) is 0 Å². The van der Waals surface area contributed by atoms with Crippen LogP contribution < -0.4 is 5.30 Å². The monoisotopic (exact) mass is 249 g/mol. The summed E-state index contributed by atoms with van der Waals surface area (Å²) in [5, 5.41) is 9.37. The number of para-hydroxylation sites is 1. The summed E-state index contributed by atoms with van der Waals surface area (Å²) >= 11 is 0. The number of aromatic hydroxyl groups is 1. The van der Waals surface area contributed by atoms with Crippen molar-refractivity contribution in [1.29, 1.82) is 0 Å². The maximum absolute atomic E-state index is 10.9. The molecule has 2 aromatic carbocycles. The summed E-state index contributed by atoms with van der Waals surface area (Å²) in [7, 11) is -0.187. The molecule has 0 radical (unpaired) electrons. The summed E-state index contributed by atoms with van der Waals surface area (Å²) in [4.78, 5) is 0. The molecule has 0 aliphatic rings. The SMILES string of the molecule is CO[P+](=O)c1ccccc1.Oc1ccccc1. The van der Waals surface area contributed by atoms with Gasteiger partial charge in [0.2, 0.25) is 5.30 Å². The summed E-state index contributed by atoms with van der Waals surface area (Å²) in [6.45, 7) is 0. The van der Waals surface area contributed by atoms with Gasteiger partial charge < -0.3 is 5.11 Å². The van der Waals surface area contributed by atoms with Crippen LogP contribution >= 0.6 is 8.03 Å². The average molecular weight is 249 g/mol. The molecule has 17 heavy (non-hydrogen) atoms. The van der Waals surface area contributed by atoms with Crippen LogP contribution in [0.15, 0.2) is 60.7 Å². The van der Waals surface area contributed by atoms with Crippen molar-refractivity contribution >= 4 is 13.3 Å². The molecule has 0 aliphatic heterocycles. The molecular formula is C13H14O3P+. The molecule has 3 nitrogen and oxygen atoms in total. The summed E-state index contributed by atoms with van der Waals surface area (Å²) in [5.74, 6) is 0.322. The van der Waals surface area contributed by atoms with Gasteiger partial charge in [0.25, 0.3) is 0 Å². The maximum atomic E-state index is 10.9. The Hall–Kier alpha value is -1.70. The molecule has 4 heteroatoms. The second-order valence-corrected chi connectivity index (χ2v) is 4.51. The molecule has 0 fully saturated rings. The van der Waals surface area contributed by atoms with Gasteiger partial charge in [-0.05, 0) is 28.8 Å². The first kappa shape index (κ1) is 13.4. The maximum Gasteiger partial charge on any atom is 0.548 e. The van der Waals surface area contributed by atoms with E-state index in [0.717, 1.165) is 5.30 Å². The normalized spacial score (nSPS) is 10.1. The highest BCUT2D eigenvalue weighted by molar-refractivity contribution is 7.48. The predicted molar refractivity (Wildman–Crippen MR) is 68.8 cm³/mol. The minimum Gasteiger partial charge on any atom is -0.508 e. The second kappa shape index (κ2) is 7.55. The highest BCUT2D eigenvalue weighted by Gasteiger charge is 2.17. The van der Waals surface area contributed by atoms with Gasteiger partial charge in [-0.25, -0.2) is 0 Å². The van der Waals surface area contributed by atoms with Gasteiger partial charge in [0.15, 0.2) is 0 Å². The molecule has 88 valence electrons. The molecule has 0 amide bonds. The van der Waals surface area contributed by atoms with E-state index in [1.54, 1.807) is 36.4 Å². The number of rotatable bonds is 2. The highest BCUT2D eigenvalue weighted by Crippen LogP contribution is 2.18. The first-order valence-corrected chi connectivity index (χ1v) is 6.22. The summed E-state index contributed by atoms with van der Waals surface area (Å²) in [5.41, 5.74) is 0. The standard InChI is InChI=1S/C7H8O2P.C6H6O/c1-9-10(8)7-5-3-2-4-6-7;7-6-4-2-1-3-5-6/h2-6H,1H3;1-5,7H/q+1;. The zero-order valence-electron chi connectivity index (χ0n) is 9.48. The largest absolute Gasteiger partial charge is 0.548 e. The van der Waals surface area contributed by atoms with Crippen LogP contribution in [-0.4, -0.2) is 12.2 Å². The number of phenols is 1. The Balaban J connectivity index is 0.000000181. The predicted octanol–water partition coefficient (Wildman–Crippen LogP) is 3.09. The fourth-order valence-electron chi connectivity index (χ4n) is 1.08. The van der Waals surface area contributed by atoms with E-state index in [1.807, 2.05) is 24.3 Å². The van der Waals surface area contributed by atoms with E-state index in [-0.39, 0.29) is 0 Å². The third-order valence-corrected chi connectivity index (χ3v) is 2.94. The van der Waals surface area contributed by atoms with Crippen LogP contribution in [0.2, 0.25) is 0 Å². The van der Waals surface area contributed by atoms with Gasteiger partial charge in [-0.3, -0.25) is 0 Å². The number of hydrogen-bond acceptors (Lipinski definition) is 3. The Morgan fingerprint density at radius 2 is 1.41 bits per heavy atom.